The summed E-state index contributed by atoms with van der Waals surface area (Å²) < 4.78 is 0. The Morgan fingerprint density at radius 2 is 1.68 bits per heavy atom. The van der Waals surface area contributed by atoms with E-state index in [0.717, 1.165) is 6.07 Å². The molecule has 0 spiro atoms. The first-order valence-electron chi connectivity index (χ1n) is 6.11. The predicted molar refractivity (Wildman–Crippen MR) is 71.1 cm³/mol. The van der Waals surface area contributed by atoms with Gasteiger partial charge in [-0.25, -0.2) is 9.59 Å². The molecule has 22 heavy (non-hydrogen) atoms. The second kappa shape index (κ2) is 7.11. The van der Waals surface area contributed by atoms with E-state index in [1.54, 1.807) is 0 Å². The fourth-order valence-electron chi connectivity index (χ4n) is 2.00. The van der Waals surface area contributed by atoms with Crippen LogP contribution in [-0.2, 0) is 6.42 Å². The van der Waals surface area contributed by atoms with Gasteiger partial charge in [-0.3, -0.25) is 20.2 Å². The van der Waals surface area contributed by atoms with Crippen LogP contribution in [0.3, 0.4) is 0 Å². The van der Waals surface area contributed by atoms with Gasteiger partial charge in [0.25, 0.3) is 0 Å². The third-order valence-corrected chi connectivity index (χ3v) is 2.99. The Balaban J connectivity index is 2.93. The van der Waals surface area contributed by atoms with Crippen LogP contribution in [-0.4, -0.2) is 38.2 Å². The second-order valence-corrected chi connectivity index (χ2v) is 4.39. The van der Waals surface area contributed by atoms with Crippen molar-refractivity contribution in [3.8, 4) is 0 Å². The highest BCUT2D eigenvalue weighted by Crippen LogP contribution is 2.18. The molecule has 1 aromatic carbocycles. The van der Waals surface area contributed by atoms with Crippen LogP contribution in [0, 0.1) is 20.2 Å². The minimum absolute atomic E-state index is 0.0130. The average Bonchev–Trinajstić information content (AvgIpc) is 2.41. The third-order valence-electron chi connectivity index (χ3n) is 2.99. The molecule has 0 aliphatic carbocycles. The van der Waals surface area contributed by atoms with E-state index in [2.05, 4.69) is 0 Å². The highest BCUT2D eigenvalue weighted by atomic mass is 16.7. The monoisotopic (exact) mass is 312 g/mol. The maximum Gasteiger partial charge on any atom is 0.450 e. The summed E-state index contributed by atoms with van der Waals surface area (Å²) in [6.07, 6.45) is -2.37. The molecule has 118 valence electrons. The van der Waals surface area contributed by atoms with Crippen LogP contribution in [0.2, 0.25) is 0 Å². The summed E-state index contributed by atoms with van der Waals surface area (Å²) >= 11 is 0. The molecule has 2 N–H and O–H groups in total. The van der Waals surface area contributed by atoms with Gasteiger partial charge in [0.2, 0.25) is 0 Å². The molecule has 0 unspecified atom stereocenters. The van der Waals surface area contributed by atoms with Gasteiger partial charge in [-0.1, -0.05) is 12.1 Å². The summed E-state index contributed by atoms with van der Waals surface area (Å²) in [6.45, 7) is 0. The number of rotatable bonds is 8. The van der Waals surface area contributed by atoms with E-state index >= 15 is 0 Å². The number of hydrogen-bond donors (Lipinski definition) is 2. The molecule has 0 aliphatic heterocycles. The molecule has 1 aromatic rings. The zero-order valence-corrected chi connectivity index (χ0v) is 11.2. The molecule has 0 saturated heterocycles. The Labute approximate surface area is 123 Å². The molecule has 0 bridgehead atoms. The highest BCUT2D eigenvalue weighted by molar-refractivity contribution is 6.02. The van der Waals surface area contributed by atoms with E-state index in [4.69, 9.17) is 10.2 Å². The number of carboxylic acids is 2. The van der Waals surface area contributed by atoms with Crippen molar-refractivity contribution < 1.29 is 29.6 Å². The number of carbonyl (C=O) groups is 2. The summed E-state index contributed by atoms with van der Waals surface area (Å²) in [4.78, 5) is 41.1. The smallest absolute Gasteiger partial charge is 0.450 e. The lowest BCUT2D eigenvalue weighted by Crippen LogP contribution is -2.28. The summed E-state index contributed by atoms with van der Waals surface area (Å²) in [6, 6.07) is 3.86. The fourth-order valence-corrected chi connectivity index (χ4v) is 2.00. The molecule has 0 amide bonds. The molecule has 0 atom stereocenters. The predicted octanol–water partition coefficient (Wildman–Crippen LogP) is 1.29. The van der Waals surface area contributed by atoms with Crippen molar-refractivity contribution >= 4 is 11.9 Å². The molecule has 1 rings (SSSR count). The zero-order chi connectivity index (χ0) is 16.9. The van der Waals surface area contributed by atoms with Crippen LogP contribution in [0.5, 0.6) is 0 Å². The van der Waals surface area contributed by atoms with Crippen LogP contribution in [0.1, 0.15) is 39.1 Å². The summed E-state index contributed by atoms with van der Waals surface area (Å²) in [5, 5.41) is 39.0. The number of hydrogen-bond acceptors (Lipinski definition) is 6. The number of aryl methyl sites for hydroxylation is 1. The Bertz CT molecular complexity index is 614. The van der Waals surface area contributed by atoms with Gasteiger partial charge in [0.15, 0.2) is 0 Å². The topological polar surface area (TPSA) is 161 Å². The Kier molecular flexibility index (Phi) is 5.50. The molecule has 10 heteroatoms. The first kappa shape index (κ1) is 17.0. The van der Waals surface area contributed by atoms with Crippen molar-refractivity contribution in [1.29, 1.82) is 0 Å². The molecular weight excluding hydrogens is 300 g/mol. The SMILES string of the molecule is O=C(O)c1cccc(CCCC([N+](=O)[O-])[N+](=O)[O-])c1C(=O)O. The fraction of sp³-hybridized carbons (Fsp3) is 0.333. The number of benzene rings is 1. The summed E-state index contributed by atoms with van der Waals surface area (Å²) in [5.41, 5.74) is -0.642. The third kappa shape index (κ3) is 3.98. The minimum Gasteiger partial charge on any atom is -0.478 e. The van der Waals surface area contributed by atoms with Crippen molar-refractivity contribution in [2.45, 2.75) is 25.4 Å². The van der Waals surface area contributed by atoms with E-state index in [1.165, 1.54) is 12.1 Å². The van der Waals surface area contributed by atoms with Gasteiger partial charge >= 0.3 is 18.1 Å². The second-order valence-electron chi connectivity index (χ2n) is 4.39. The van der Waals surface area contributed by atoms with Crippen LogP contribution < -0.4 is 0 Å². The van der Waals surface area contributed by atoms with E-state index in [1.807, 2.05) is 0 Å². The van der Waals surface area contributed by atoms with E-state index in [-0.39, 0.29) is 24.8 Å². The van der Waals surface area contributed by atoms with Gasteiger partial charge in [0.1, 0.15) is 0 Å². The maximum atomic E-state index is 11.2. The van der Waals surface area contributed by atoms with Crippen LogP contribution in [0.15, 0.2) is 18.2 Å². The molecule has 0 heterocycles. The molecule has 0 aliphatic rings. The minimum atomic E-state index is -1.96. The maximum absolute atomic E-state index is 11.2. The lowest BCUT2D eigenvalue weighted by molar-refractivity contribution is -0.743. The number of aromatic carboxylic acids is 2. The number of nitro groups is 2. The normalized spacial score (nSPS) is 10.4. The lowest BCUT2D eigenvalue weighted by Gasteiger charge is -2.09. The van der Waals surface area contributed by atoms with Crippen molar-refractivity contribution in [3.63, 3.8) is 0 Å². The van der Waals surface area contributed by atoms with Gasteiger partial charge in [0.05, 0.1) is 27.4 Å². The summed E-state index contributed by atoms with van der Waals surface area (Å²) in [7, 11) is 0. The van der Waals surface area contributed by atoms with Crippen molar-refractivity contribution in [3.05, 3.63) is 55.1 Å². The van der Waals surface area contributed by atoms with Crippen LogP contribution >= 0.6 is 0 Å². The Hall–Kier alpha value is -3.04. The number of nitrogens with zero attached hydrogens (tertiary/aromatic N) is 2. The summed E-state index contributed by atoms with van der Waals surface area (Å²) in [5.74, 6) is -2.85. The van der Waals surface area contributed by atoms with Crippen molar-refractivity contribution in [2.24, 2.45) is 0 Å². The van der Waals surface area contributed by atoms with E-state index in [0.29, 0.717) is 0 Å². The molecule has 0 radical (unpaired) electrons. The quantitative estimate of drug-likeness (QED) is 0.412. The Morgan fingerprint density at radius 1 is 1.09 bits per heavy atom. The van der Waals surface area contributed by atoms with Gasteiger partial charge in [0, 0.05) is 0 Å². The van der Waals surface area contributed by atoms with E-state index < -0.39 is 39.1 Å². The van der Waals surface area contributed by atoms with Gasteiger partial charge in [-0.15, -0.1) is 0 Å². The van der Waals surface area contributed by atoms with Crippen molar-refractivity contribution in [2.75, 3.05) is 0 Å². The first-order chi connectivity index (χ1) is 10.3. The van der Waals surface area contributed by atoms with E-state index in [9.17, 15) is 29.8 Å². The van der Waals surface area contributed by atoms with Gasteiger partial charge in [-0.05, 0) is 24.5 Å². The van der Waals surface area contributed by atoms with Crippen LogP contribution in [0.4, 0.5) is 0 Å². The van der Waals surface area contributed by atoms with Crippen molar-refractivity contribution in [1.82, 2.24) is 0 Å². The Morgan fingerprint density at radius 3 is 2.14 bits per heavy atom. The lowest BCUT2D eigenvalue weighted by atomic mass is 9.97. The molecule has 0 aromatic heterocycles. The molecular formula is C12H12N2O8. The van der Waals surface area contributed by atoms with Gasteiger partial charge in [-0.2, -0.15) is 0 Å². The largest absolute Gasteiger partial charge is 0.478 e. The highest BCUT2D eigenvalue weighted by Gasteiger charge is 2.31. The molecule has 0 fully saturated rings. The standard InChI is InChI=1S/C12H12N2O8/c15-11(16)8-5-1-3-7(10(8)12(17)18)4-2-6-9(13(19)20)14(21)22/h1,3,5,9H,2,4,6H2,(H,15,16)(H,17,18). The number of carboxylic acid groups (broad SMARTS) is 2. The molecule has 0 saturated carbocycles. The first-order valence-corrected chi connectivity index (χ1v) is 6.11. The van der Waals surface area contributed by atoms with Gasteiger partial charge < -0.3 is 10.2 Å². The average molecular weight is 312 g/mol. The zero-order valence-electron chi connectivity index (χ0n) is 11.2. The molecule has 10 nitrogen and oxygen atoms in total. The van der Waals surface area contributed by atoms with Crippen LogP contribution in [0.25, 0.3) is 0 Å².